The Morgan fingerprint density at radius 3 is 0.772 bits per heavy atom. The zero-order valence-corrected chi connectivity index (χ0v) is 50.6. The molecule has 0 saturated carbocycles. The molecule has 0 amide bonds. The summed E-state index contributed by atoms with van der Waals surface area (Å²) in [4.78, 5) is 4.64. The molecule has 0 bridgehead atoms. The first-order valence-corrected chi connectivity index (χ1v) is 31.5. The van der Waals surface area contributed by atoms with Gasteiger partial charge in [0.05, 0.1) is 22.1 Å². The van der Waals surface area contributed by atoms with Crippen molar-refractivity contribution in [3.8, 4) is 33.6 Å². The summed E-state index contributed by atoms with van der Waals surface area (Å²) in [5.41, 5.74) is 21.0. The fraction of sp³-hybridized carbons (Fsp3) is 0. The van der Waals surface area contributed by atoms with Crippen LogP contribution in [0.1, 0.15) is 11.1 Å². The van der Waals surface area contributed by atoms with Gasteiger partial charge in [-0.25, -0.2) is 0 Å². The van der Waals surface area contributed by atoms with E-state index >= 15 is 0 Å². The number of nitrogens with zero attached hydrogens (tertiary/aromatic N) is 4. The molecule has 4 heteroatoms. The zero-order chi connectivity index (χ0) is 61.2. The van der Waals surface area contributed by atoms with Gasteiger partial charge in [0, 0.05) is 67.0 Å². The molecule has 0 unspecified atom stereocenters. The van der Waals surface area contributed by atoms with Crippen LogP contribution in [0.3, 0.4) is 0 Å². The predicted octanol–water partition coefficient (Wildman–Crippen LogP) is 24.3. The average molecular weight is 1180 g/mol. The van der Waals surface area contributed by atoms with Crippen LogP contribution in [0, 0.1) is 0 Å². The standard InChI is InChI=1S/C62H44N4.C26H18/c1-3-15-47(16-4-1)63(51-37-41-53(42-38-51)65-59-23-11-7-19-55(59)56-20-8-12-24-60(56)65)49-33-29-45(30-34-49)27-28-46-31-35-50(36-32-46)64(48-17-5-2-6-18-48)52-39-43-54(44-40-52)66-61-25-13-9-21-57(61)58-22-10-14-26-62(58)66;1-3-9-19(10-4-1)21-13-7-15-23-24-16-8-14-22(20-11-5-2-6-12-20)26(24)18-17-25(21)23/h1-44H;1-18H/b28-27+;. The van der Waals surface area contributed by atoms with Gasteiger partial charge in [-0.3, -0.25) is 0 Å². The predicted molar refractivity (Wildman–Crippen MR) is 392 cm³/mol. The van der Waals surface area contributed by atoms with Gasteiger partial charge < -0.3 is 18.9 Å². The smallest absolute Gasteiger partial charge is 0.0541 e. The lowest BCUT2D eigenvalue weighted by molar-refractivity contribution is 1.17. The summed E-state index contributed by atoms with van der Waals surface area (Å²) in [7, 11) is 0. The summed E-state index contributed by atoms with van der Waals surface area (Å²) in [5.74, 6) is 0. The number of hydrogen-bond acceptors (Lipinski definition) is 2. The molecule has 92 heavy (non-hydrogen) atoms. The van der Waals surface area contributed by atoms with E-state index in [2.05, 4.69) is 395 Å². The van der Waals surface area contributed by atoms with E-state index in [0.717, 1.165) is 56.6 Å². The fourth-order valence-electron chi connectivity index (χ4n) is 13.5. The van der Waals surface area contributed by atoms with E-state index in [4.69, 9.17) is 0 Å². The topological polar surface area (TPSA) is 16.3 Å². The number of hydrogen-bond donors (Lipinski definition) is 0. The van der Waals surface area contributed by atoms with Crippen LogP contribution < -0.4 is 9.80 Å². The zero-order valence-electron chi connectivity index (χ0n) is 50.6. The molecule has 0 saturated heterocycles. The number of fused-ring (bicyclic) bond motifs is 9. The molecule has 0 atom stereocenters. The van der Waals surface area contributed by atoms with Gasteiger partial charge in [-0.05, 0) is 176 Å². The first-order chi connectivity index (χ1) is 45.7. The minimum absolute atomic E-state index is 1.09. The molecular formula is C88H62N4. The van der Waals surface area contributed by atoms with Crippen molar-refractivity contribution in [2.24, 2.45) is 0 Å². The highest BCUT2D eigenvalue weighted by atomic mass is 15.1. The van der Waals surface area contributed by atoms with E-state index in [-0.39, 0.29) is 0 Å². The summed E-state index contributed by atoms with van der Waals surface area (Å²) in [5, 5.41) is 10.3. The Kier molecular flexibility index (Phi) is 14.6. The molecule has 0 fully saturated rings. The minimum atomic E-state index is 1.09. The van der Waals surface area contributed by atoms with Crippen molar-refractivity contribution in [2.75, 3.05) is 9.80 Å². The van der Waals surface area contributed by atoms with Crippen molar-refractivity contribution in [3.63, 3.8) is 0 Å². The van der Waals surface area contributed by atoms with E-state index in [9.17, 15) is 0 Å². The summed E-state index contributed by atoms with van der Waals surface area (Å²) in [6, 6.07) is 130. The molecule has 17 aromatic rings. The highest BCUT2D eigenvalue weighted by molar-refractivity contribution is 6.16. The molecule has 0 aliphatic carbocycles. The Morgan fingerprint density at radius 1 is 0.185 bits per heavy atom. The third-order valence-corrected chi connectivity index (χ3v) is 17.8. The lowest BCUT2D eigenvalue weighted by Crippen LogP contribution is -2.10. The molecule has 2 aromatic heterocycles. The van der Waals surface area contributed by atoms with Crippen molar-refractivity contribution in [1.82, 2.24) is 9.13 Å². The molecule has 0 radical (unpaired) electrons. The Labute approximate surface area is 535 Å². The van der Waals surface area contributed by atoms with Gasteiger partial charge in [-0.15, -0.1) is 0 Å². The third-order valence-electron chi connectivity index (χ3n) is 17.8. The molecule has 0 aliphatic rings. The highest BCUT2D eigenvalue weighted by Gasteiger charge is 2.18. The lowest BCUT2D eigenvalue weighted by atomic mass is 9.91. The maximum atomic E-state index is 2.36. The minimum Gasteiger partial charge on any atom is -0.311 e. The van der Waals surface area contributed by atoms with E-state index in [1.165, 1.54) is 87.4 Å². The molecular weight excluding hydrogens is 1110 g/mol. The first-order valence-electron chi connectivity index (χ1n) is 31.5. The van der Waals surface area contributed by atoms with Crippen LogP contribution in [0.25, 0.3) is 111 Å². The average Bonchev–Trinajstić information content (AvgIpc) is 1.45. The van der Waals surface area contributed by atoms with Gasteiger partial charge in [0.25, 0.3) is 0 Å². The number of anilines is 6. The van der Waals surface area contributed by atoms with E-state index in [1.807, 2.05) is 0 Å². The summed E-state index contributed by atoms with van der Waals surface area (Å²) in [6.07, 6.45) is 4.38. The monoisotopic (exact) mass is 1170 g/mol. The van der Waals surface area contributed by atoms with Crippen molar-refractivity contribution in [1.29, 1.82) is 0 Å². The normalized spacial score (nSPS) is 11.4. The van der Waals surface area contributed by atoms with Gasteiger partial charge in [-0.2, -0.15) is 0 Å². The van der Waals surface area contributed by atoms with Crippen LogP contribution in [-0.4, -0.2) is 9.13 Å². The lowest BCUT2D eigenvalue weighted by Gasteiger charge is -2.26. The second kappa shape index (κ2) is 24.4. The van der Waals surface area contributed by atoms with Gasteiger partial charge in [0.2, 0.25) is 0 Å². The van der Waals surface area contributed by atoms with Crippen LogP contribution in [0.5, 0.6) is 0 Å². The molecule has 17 rings (SSSR count). The SMILES string of the molecule is C(=C\c1ccc(N(c2ccccc2)c2ccc(-n3c4ccccc4c4ccccc43)cc2)cc1)/c1ccc(N(c2ccccc2)c2ccc(-n3c4ccccc4c4ccccc43)cc2)cc1.c1ccc(-c2cccc3c2ccc2c(-c4ccccc4)cccc23)cc1. The van der Waals surface area contributed by atoms with E-state index in [1.54, 1.807) is 0 Å². The second-order valence-corrected chi connectivity index (χ2v) is 23.2. The number of benzene rings is 15. The van der Waals surface area contributed by atoms with Gasteiger partial charge in [0.15, 0.2) is 0 Å². The van der Waals surface area contributed by atoms with Crippen molar-refractivity contribution in [2.45, 2.75) is 0 Å². The quantitative estimate of drug-likeness (QED) is 0.0895. The molecule has 0 aliphatic heterocycles. The maximum Gasteiger partial charge on any atom is 0.0541 e. The van der Waals surface area contributed by atoms with Crippen molar-refractivity contribution in [3.05, 3.63) is 375 Å². The highest BCUT2D eigenvalue weighted by Crippen LogP contribution is 2.41. The van der Waals surface area contributed by atoms with Crippen LogP contribution >= 0.6 is 0 Å². The Morgan fingerprint density at radius 2 is 0.446 bits per heavy atom. The van der Waals surface area contributed by atoms with Crippen LogP contribution in [-0.2, 0) is 0 Å². The van der Waals surface area contributed by atoms with E-state index < -0.39 is 0 Å². The summed E-state index contributed by atoms with van der Waals surface area (Å²) in [6.45, 7) is 0. The first kappa shape index (κ1) is 55.1. The summed E-state index contributed by atoms with van der Waals surface area (Å²) < 4.78 is 4.73. The fourth-order valence-corrected chi connectivity index (χ4v) is 13.5. The van der Waals surface area contributed by atoms with Crippen molar-refractivity contribution < 1.29 is 0 Å². The molecule has 2 heterocycles. The van der Waals surface area contributed by atoms with Crippen LogP contribution in [0.4, 0.5) is 34.1 Å². The molecule has 0 N–H and O–H groups in total. The van der Waals surface area contributed by atoms with Gasteiger partial charge >= 0.3 is 0 Å². The number of rotatable bonds is 12. The maximum absolute atomic E-state index is 2.36. The Hall–Kier alpha value is -12.2. The van der Waals surface area contributed by atoms with Gasteiger partial charge in [-0.1, -0.05) is 255 Å². The Balaban J connectivity index is 0.000000215. The third kappa shape index (κ3) is 10.4. The van der Waals surface area contributed by atoms with Crippen LogP contribution in [0.2, 0.25) is 0 Å². The second-order valence-electron chi connectivity index (χ2n) is 23.2. The largest absolute Gasteiger partial charge is 0.311 e. The Bertz CT molecular complexity index is 5010. The summed E-state index contributed by atoms with van der Waals surface area (Å²) >= 11 is 0. The number of para-hydroxylation sites is 6. The van der Waals surface area contributed by atoms with E-state index in [0.29, 0.717) is 0 Å². The molecule has 4 nitrogen and oxygen atoms in total. The molecule has 434 valence electrons. The molecule has 0 spiro atoms. The molecule has 15 aromatic carbocycles. The van der Waals surface area contributed by atoms with Crippen molar-refractivity contribution >= 4 is 111 Å². The van der Waals surface area contributed by atoms with Gasteiger partial charge in [0.1, 0.15) is 0 Å². The van der Waals surface area contributed by atoms with Crippen LogP contribution in [0.15, 0.2) is 364 Å². The number of aromatic nitrogens is 2.